The number of nitrogens with zero attached hydrogens (tertiary/aromatic N) is 1. The number of pyridine rings is 1. The van der Waals surface area contributed by atoms with E-state index < -0.39 is 0 Å². The molecule has 0 radical (unpaired) electrons. The lowest BCUT2D eigenvalue weighted by molar-refractivity contribution is 0.596. The van der Waals surface area contributed by atoms with E-state index in [1.165, 1.54) is 64.5 Å². The van der Waals surface area contributed by atoms with Gasteiger partial charge in [0.25, 0.3) is 0 Å². The zero-order valence-corrected chi connectivity index (χ0v) is 25.0. The van der Waals surface area contributed by atoms with Gasteiger partial charge in [-0.15, -0.1) is 22.7 Å². The number of aromatic nitrogens is 1. The summed E-state index contributed by atoms with van der Waals surface area (Å²) in [7, 11) is 0. The molecule has 3 heteroatoms. The molecule has 0 aliphatic rings. The van der Waals surface area contributed by atoms with Crippen LogP contribution in [0.3, 0.4) is 0 Å². The molecule has 6 aromatic rings. The van der Waals surface area contributed by atoms with Crippen LogP contribution in [0.5, 0.6) is 0 Å². The van der Waals surface area contributed by atoms with E-state index in [9.17, 15) is 0 Å². The Morgan fingerprint density at radius 3 is 2.42 bits per heavy atom. The minimum absolute atomic E-state index is 0.0382. The van der Waals surface area contributed by atoms with Gasteiger partial charge in [0.2, 0.25) is 0 Å². The quantitative estimate of drug-likeness (QED) is 0.220. The van der Waals surface area contributed by atoms with Gasteiger partial charge < -0.3 is 0 Å². The molecule has 192 valence electrons. The van der Waals surface area contributed by atoms with Crippen molar-refractivity contribution in [3.8, 4) is 22.4 Å². The third-order valence-corrected chi connectivity index (χ3v) is 9.79. The topological polar surface area (TPSA) is 12.9 Å². The van der Waals surface area contributed by atoms with Gasteiger partial charge in [-0.05, 0) is 105 Å². The molecule has 6 rings (SSSR count). The molecule has 0 spiro atoms. The van der Waals surface area contributed by atoms with Crippen LogP contribution in [0.2, 0.25) is 0 Å². The molecule has 0 saturated heterocycles. The van der Waals surface area contributed by atoms with Crippen LogP contribution in [-0.2, 0) is 11.8 Å². The van der Waals surface area contributed by atoms with Crippen molar-refractivity contribution in [2.75, 3.05) is 0 Å². The van der Waals surface area contributed by atoms with Crippen LogP contribution in [0.4, 0.5) is 0 Å². The van der Waals surface area contributed by atoms with Crippen LogP contribution < -0.4 is 0 Å². The van der Waals surface area contributed by atoms with Crippen LogP contribution in [0.1, 0.15) is 56.2 Å². The molecule has 3 aromatic carbocycles. The molecule has 3 aromatic heterocycles. The van der Waals surface area contributed by atoms with Gasteiger partial charge in [0.15, 0.2) is 0 Å². The van der Waals surface area contributed by atoms with E-state index in [-0.39, 0.29) is 5.41 Å². The monoisotopic (exact) mass is 533 g/mol. The first-order valence-corrected chi connectivity index (χ1v) is 15.2. The van der Waals surface area contributed by atoms with E-state index >= 15 is 0 Å². The van der Waals surface area contributed by atoms with Gasteiger partial charge in [0.05, 0.1) is 5.69 Å². The van der Waals surface area contributed by atoms with E-state index in [1.807, 2.05) is 22.7 Å². The average Bonchev–Trinajstić information content (AvgIpc) is 3.40. The normalized spacial score (nSPS) is 12.4. The summed E-state index contributed by atoms with van der Waals surface area (Å²) in [6.45, 7) is 16.0. The van der Waals surface area contributed by atoms with Crippen molar-refractivity contribution in [1.29, 1.82) is 0 Å². The maximum absolute atomic E-state index is 5.26. The number of hydrogen-bond acceptors (Lipinski definition) is 3. The highest BCUT2D eigenvalue weighted by atomic mass is 32.1. The molecule has 0 aliphatic carbocycles. The summed E-state index contributed by atoms with van der Waals surface area (Å²) >= 11 is 3.69. The van der Waals surface area contributed by atoms with Crippen LogP contribution >= 0.6 is 22.7 Å². The fraction of sp³-hybridized carbons (Fsp3) is 0.286. The molecule has 3 heterocycles. The van der Waals surface area contributed by atoms with Gasteiger partial charge in [-0.2, -0.15) is 0 Å². The SMILES string of the molecule is Cc1sc2nc(-c3cc(C(C)(C)C)c4ccccc4c3)cc(-c3ccc4c(CC(C)C)csc4c3)c2c1C. The highest BCUT2D eigenvalue weighted by Crippen LogP contribution is 2.42. The fourth-order valence-corrected chi connectivity index (χ4v) is 7.73. The first kappa shape index (κ1) is 25.3. The second-order valence-corrected chi connectivity index (χ2v) is 14.2. The van der Waals surface area contributed by atoms with Crippen molar-refractivity contribution in [1.82, 2.24) is 4.98 Å². The van der Waals surface area contributed by atoms with Crippen LogP contribution in [0.15, 0.2) is 66.0 Å². The van der Waals surface area contributed by atoms with Gasteiger partial charge in [0.1, 0.15) is 4.83 Å². The summed E-state index contributed by atoms with van der Waals surface area (Å²) < 4.78 is 1.37. The third-order valence-electron chi connectivity index (χ3n) is 7.70. The molecule has 0 unspecified atom stereocenters. The van der Waals surface area contributed by atoms with Crippen molar-refractivity contribution in [2.24, 2.45) is 5.92 Å². The maximum atomic E-state index is 5.26. The molecule has 0 bridgehead atoms. The zero-order valence-electron chi connectivity index (χ0n) is 23.4. The second-order valence-electron chi connectivity index (χ2n) is 12.1. The molecule has 1 nitrogen and oxygen atoms in total. The van der Waals surface area contributed by atoms with E-state index in [2.05, 4.69) is 115 Å². The van der Waals surface area contributed by atoms with Gasteiger partial charge in [-0.3, -0.25) is 0 Å². The number of benzene rings is 3. The van der Waals surface area contributed by atoms with E-state index in [0.717, 1.165) is 16.9 Å². The van der Waals surface area contributed by atoms with Gasteiger partial charge >= 0.3 is 0 Å². The lowest BCUT2D eigenvalue weighted by Crippen LogP contribution is -2.12. The minimum atomic E-state index is 0.0382. The van der Waals surface area contributed by atoms with E-state index in [4.69, 9.17) is 4.98 Å². The summed E-state index contributed by atoms with van der Waals surface area (Å²) in [4.78, 5) is 7.74. The summed E-state index contributed by atoms with van der Waals surface area (Å²) in [6, 6.07) is 22.8. The predicted molar refractivity (Wildman–Crippen MR) is 170 cm³/mol. The molecule has 0 saturated carbocycles. The Morgan fingerprint density at radius 2 is 1.66 bits per heavy atom. The molecular formula is C35H35NS2. The molecular weight excluding hydrogens is 499 g/mol. The smallest absolute Gasteiger partial charge is 0.125 e. The van der Waals surface area contributed by atoms with Crippen molar-refractivity contribution in [3.05, 3.63) is 87.6 Å². The lowest BCUT2D eigenvalue weighted by atomic mass is 9.82. The highest BCUT2D eigenvalue weighted by Gasteiger charge is 2.21. The van der Waals surface area contributed by atoms with Crippen molar-refractivity contribution in [3.63, 3.8) is 0 Å². The number of thiophene rings is 2. The number of aryl methyl sites for hydroxylation is 2. The van der Waals surface area contributed by atoms with Crippen molar-refractivity contribution in [2.45, 2.75) is 60.3 Å². The maximum Gasteiger partial charge on any atom is 0.125 e. The largest absolute Gasteiger partial charge is 0.237 e. The summed E-state index contributed by atoms with van der Waals surface area (Å²) in [5.41, 5.74) is 9.04. The molecule has 0 atom stereocenters. The van der Waals surface area contributed by atoms with Crippen molar-refractivity contribution < 1.29 is 0 Å². The van der Waals surface area contributed by atoms with Crippen molar-refractivity contribution >= 4 is 53.7 Å². The molecule has 38 heavy (non-hydrogen) atoms. The highest BCUT2D eigenvalue weighted by molar-refractivity contribution is 7.19. The third kappa shape index (κ3) is 4.36. The lowest BCUT2D eigenvalue weighted by Gasteiger charge is -2.23. The Bertz CT molecular complexity index is 1820. The Labute approximate surface area is 234 Å². The molecule has 0 fully saturated rings. The number of rotatable bonds is 4. The Hall–Kier alpha value is -3.01. The van der Waals surface area contributed by atoms with Gasteiger partial charge in [-0.1, -0.05) is 71.0 Å². The Balaban J connectivity index is 1.59. The van der Waals surface area contributed by atoms with Gasteiger partial charge in [0, 0.05) is 20.5 Å². The minimum Gasteiger partial charge on any atom is -0.237 e. The first-order valence-electron chi connectivity index (χ1n) is 13.5. The first-order chi connectivity index (χ1) is 18.1. The molecule has 0 amide bonds. The molecule has 0 aliphatic heterocycles. The van der Waals surface area contributed by atoms with E-state index in [0.29, 0.717) is 5.92 Å². The molecule has 0 N–H and O–H groups in total. The summed E-state index contributed by atoms with van der Waals surface area (Å²) in [5.74, 6) is 0.659. The predicted octanol–water partition coefficient (Wildman–Crippen LogP) is 11.1. The Kier molecular flexibility index (Phi) is 6.20. The van der Waals surface area contributed by atoms with Gasteiger partial charge in [-0.25, -0.2) is 4.98 Å². The summed E-state index contributed by atoms with van der Waals surface area (Å²) in [6.07, 6.45) is 1.13. The fourth-order valence-electron chi connectivity index (χ4n) is 5.66. The summed E-state index contributed by atoms with van der Waals surface area (Å²) in [5, 5.41) is 7.65. The van der Waals surface area contributed by atoms with Crippen LogP contribution in [0, 0.1) is 19.8 Å². The Morgan fingerprint density at radius 1 is 0.868 bits per heavy atom. The van der Waals surface area contributed by atoms with E-state index in [1.54, 1.807) is 0 Å². The number of hydrogen-bond donors (Lipinski definition) is 0. The van der Waals surface area contributed by atoms with Crippen LogP contribution in [-0.4, -0.2) is 4.98 Å². The second kappa shape index (κ2) is 9.32. The van der Waals surface area contributed by atoms with Crippen LogP contribution in [0.25, 0.3) is 53.5 Å². The standard InChI is InChI=1S/C35H35NS2/c1-20(2)14-26-19-37-32-17-24(12-13-28(26)32)29-18-31(36-34-33(29)21(3)22(4)38-34)25-15-23-10-8-9-11-27(23)30(16-25)35(5,6)7/h8-13,15-20H,14H2,1-7H3. The zero-order chi connectivity index (χ0) is 26.8. The number of fused-ring (bicyclic) bond motifs is 3. The average molecular weight is 534 g/mol.